The van der Waals surface area contributed by atoms with Gasteiger partial charge in [0.05, 0.1) is 11.5 Å². The van der Waals surface area contributed by atoms with Crippen molar-refractivity contribution in [3.05, 3.63) is 81.8 Å². The number of ether oxygens (including phenoxy) is 3. The van der Waals surface area contributed by atoms with Crippen LogP contribution in [0.4, 0.5) is 0 Å². The smallest absolute Gasteiger partial charge is 0.241 e. The van der Waals surface area contributed by atoms with E-state index in [-0.39, 0.29) is 24.5 Å². The molecule has 0 N–H and O–H groups in total. The van der Waals surface area contributed by atoms with Gasteiger partial charge in [-0.25, -0.2) is 0 Å². The fourth-order valence-electron chi connectivity index (χ4n) is 7.57. The standard InChI is InChI=1S/C29H32N2O4/c1-16(2)31-17(3)10-19(18(31)4)13-30-27(32)29(24-8-6-7-9-28(24,30)5)14-33-23-12-22-25-20(26(23)29)11-21(25)34-15-35-22/h6-8,10-12,16,20,25H,9,13-15H2,1-5H3/t20-,25?,28?,29?/m0/s1. The number of carbonyl (C=O) groups excluding carboxylic acids is 1. The first-order chi connectivity index (χ1) is 16.8. The maximum Gasteiger partial charge on any atom is 0.241 e. The Morgan fingerprint density at radius 2 is 1.97 bits per heavy atom. The fraction of sp³-hybridized carbons (Fsp3) is 0.483. The molecule has 4 heterocycles. The summed E-state index contributed by atoms with van der Waals surface area (Å²) in [6.45, 7) is 12.2. The molecule has 3 unspecified atom stereocenters. The minimum Gasteiger partial charge on any atom is -0.492 e. The summed E-state index contributed by atoms with van der Waals surface area (Å²) in [5, 5.41) is 0. The Morgan fingerprint density at radius 1 is 1.17 bits per heavy atom. The van der Waals surface area contributed by atoms with Gasteiger partial charge < -0.3 is 23.7 Å². The number of amides is 1. The van der Waals surface area contributed by atoms with Gasteiger partial charge in [-0.2, -0.15) is 0 Å². The molecule has 2 saturated heterocycles. The van der Waals surface area contributed by atoms with E-state index in [1.807, 2.05) is 6.08 Å². The Labute approximate surface area is 206 Å². The van der Waals surface area contributed by atoms with Crippen LogP contribution in [0.15, 0.2) is 64.9 Å². The summed E-state index contributed by atoms with van der Waals surface area (Å²) in [5.41, 5.74) is 4.79. The van der Waals surface area contributed by atoms with Gasteiger partial charge in [0, 0.05) is 41.5 Å². The van der Waals surface area contributed by atoms with Gasteiger partial charge >= 0.3 is 0 Å². The molecular formula is C29H32N2O4. The molecule has 1 amide bonds. The van der Waals surface area contributed by atoms with Crippen LogP contribution in [-0.4, -0.2) is 34.3 Å². The molecule has 7 rings (SSSR count). The van der Waals surface area contributed by atoms with Crippen LogP contribution in [0.25, 0.3) is 0 Å². The Hall–Kier alpha value is -3.15. The van der Waals surface area contributed by atoms with Crippen molar-refractivity contribution in [1.29, 1.82) is 0 Å². The van der Waals surface area contributed by atoms with E-state index in [1.165, 1.54) is 17.0 Å². The number of hydrogen-bond donors (Lipinski definition) is 0. The zero-order valence-corrected chi connectivity index (χ0v) is 21.1. The van der Waals surface area contributed by atoms with Crippen LogP contribution in [0.2, 0.25) is 0 Å². The van der Waals surface area contributed by atoms with E-state index in [0.29, 0.717) is 19.2 Å². The number of hydrogen-bond acceptors (Lipinski definition) is 4. The topological polar surface area (TPSA) is 52.9 Å². The van der Waals surface area contributed by atoms with Crippen LogP contribution in [0.3, 0.4) is 0 Å². The molecule has 6 nitrogen and oxygen atoms in total. The fourth-order valence-corrected chi connectivity index (χ4v) is 7.57. The number of allylic oxidation sites excluding steroid dienone is 4. The highest BCUT2D eigenvalue weighted by molar-refractivity contribution is 5.97. The molecule has 0 radical (unpaired) electrons. The first-order valence-corrected chi connectivity index (χ1v) is 12.7. The van der Waals surface area contributed by atoms with E-state index in [1.54, 1.807) is 0 Å². The van der Waals surface area contributed by atoms with Crippen LogP contribution < -0.4 is 0 Å². The molecule has 3 aliphatic carbocycles. The maximum absolute atomic E-state index is 14.7. The number of fused-ring (bicyclic) bond motifs is 4. The molecule has 6 heteroatoms. The highest BCUT2D eigenvalue weighted by Crippen LogP contribution is 2.64. The zero-order chi connectivity index (χ0) is 24.3. The summed E-state index contributed by atoms with van der Waals surface area (Å²) in [6.07, 6.45) is 11.4. The average molecular weight is 473 g/mol. The van der Waals surface area contributed by atoms with Crippen molar-refractivity contribution in [2.75, 3.05) is 13.4 Å². The molecule has 1 aromatic rings. The molecule has 3 aliphatic heterocycles. The minimum absolute atomic E-state index is 0.0684. The van der Waals surface area contributed by atoms with Gasteiger partial charge in [-0.15, -0.1) is 0 Å². The molecule has 0 aromatic carbocycles. The molecule has 1 spiro atoms. The summed E-state index contributed by atoms with van der Waals surface area (Å²) in [6, 6.07) is 2.63. The highest BCUT2D eigenvalue weighted by atomic mass is 16.7. The summed E-state index contributed by atoms with van der Waals surface area (Å²) in [4.78, 5) is 16.8. The Balaban J connectivity index is 1.36. The second-order valence-corrected chi connectivity index (χ2v) is 11.2. The number of nitrogens with zero attached hydrogens (tertiary/aromatic N) is 2. The van der Waals surface area contributed by atoms with E-state index in [0.717, 1.165) is 34.8 Å². The molecule has 1 aromatic heterocycles. The predicted octanol–water partition coefficient (Wildman–Crippen LogP) is 4.98. The van der Waals surface area contributed by atoms with Crippen molar-refractivity contribution in [2.45, 2.75) is 59.2 Å². The van der Waals surface area contributed by atoms with Gasteiger partial charge in [0.15, 0.2) is 0 Å². The molecular weight excluding hydrogens is 440 g/mol. The summed E-state index contributed by atoms with van der Waals surface area (Å²) < 4.78 is 20.2. The van der Waals surface area contributed by atoms with E-state index < -0.39 is 11.0 Å². The van der Waals surface area contributed by atoms with Crippen molar-refractivity contribution in [1.82, 2.24) is 9.47 Å². The lowest BCUT2D eigenvalue weighted by molar-refractivity contribution is -0.138. The maximum atomic E-state index is 14.7. The zero-order valence-electron chi connectivity index (χ0n) is 21.1. The molecule has 0 saturated carbocycles. The third-order valence-corrected chi connectivity index (χ3v) is 9.14. The number of carbonyl (C=O) groups is 1. The molecule has 0 bridgehead atoms. The van der Waals surface area contributed by atoms with Crippen LogP contribution >= 0.6 is 0 Å². The van der Waals surface area contributed by atoms with E-state index in [4.69, 9.17) is 14.2 Å². The van der Waals surface area contributed by atoms with E-state index in [9.17, 15) is 4.79 Å². The number of aryl methyl sites for hydroxylation is 1. The largest absolute Gasteiger partial charge is 0.492 e. The second-order valence-electron chi connectivity index (χ2n) is 11.2. The Kier molecular flexibility index (Phi) is 4.08. The molecule has 35 heavy (non-hydrogen) atoms. The van der Waals surface area contributed by atoms with E-state index >= 15 is 0 Å². The number of rotatable bonds is 3. The quantitative estimate of drug-likeness (QED) is 0.623. The van der Waals surface area contributed by atoms with E-state index in [2.05, 4.69) is 74.5 Å². The van der Waals surface area contributed by atoms with Crippen LogP contribution in [-0.2, 0) is 25.5 Å². The molecule has 4 atom stereocenters. The van der Waals surface area contributed by atoms with Crippen LogP contribution in [0.1, 0.15) is 50.2 Å². The summed E-state index contributed by atoms with van der Waals surface area (Å²) >= 11 is 0. The molecule has 2 fully saturated rings. The SMILES string of the molecule is Cc1cc(CN2C(=O)C3(COC4=C3[C@H]3C=C5OCOC(=C4)C53)C3=CC=CCC32C)c(C)n1C(C)C. The highest BCUT2D eigenvalue weighted by Gasteiger charge is 2.68. The summed E-state index contributed by atoms with van der Waals surface area (Å²) in [5.74, 6) is 2.98. The van der Waals surface area contributed by atoms with Crippen molar-refractivity contribution >= 4 is 5.91 Å². The lowest BCUT2D eigenvalue weighted by Crippen LogP contribution is -2.45. The third-order valence-electron chi connectivity index (χ3n) is 9.14. The van der Waals surface area contributed by atoms with Gasteiger partial charge in [-0.05, 0) is 64.3 Å². The Morgan fingerprint density at radius 3 is 2.74 bits per heavy atom. The number of aromatic nitrogens is 1. The lowest BCUT2D eigenvalue weighted by Gasteiger charge is -2.45. The van der Waals surface area contributed by atoms with Crippen molar-refractivity contribution in [3.8, 4) is 0 Å². The second kappa shape index (κ2) is 6.74. The van der Waals surface area contributed by atoms with Gasteiger partial charge in [0.2, 0.25) is 12.7 Å². The molecule has 6 aliphatic rings. The van der Waals surface area contributed by atoms with Gasteiger partial charge in [-0.3, -0.25) is 4.79 Å². The lowest BCUT2D eigenvalue weighted by atomic mass is 9.59. The average Bonchev–Trinajstić information content (AvgIpc) is 3.37. The Bertz CT molecular complexity index is 1340. The first kappa shape index (κ1) is 21.2. The monoisotopic (exact) mass is 472 g/mol. The van der Waals surface area contributed by atoms with Gasteiger partial charge in [0.25, 0.3) is 0 Å². The van der Waals surface area contributed by atoms with Crippen LogP contribution in [0.5, 0.6) is 0 Å². The normalized spacial score (nSPS) is 33.9. The number of likely N-dealkylation sites (tertiary alicyclic amines) is 1. The van der Waals surface area contributed by atoms with Crippen molar-refractivity contribution in [3.63, 3.8) is 0 Å². The van der Waals surface area contributed by atoms with Gasteiger partial charge in [-0.1, -0.05) is 18.2 Å². The van der Waals surface area contributed by atoms with Crippen LogP contribution in [0, 0.1) is 31.1 Å². The predicted molar refractivity (Wildman–Crippen MR) is 131 cm³/mol. The minimum atomic E-state index is -0.773. The summed E-state index contributed by atoms with van der Waals surface area (Å²) in [7, 11) is 0. The van der Waals surface area contributed by atoms with Crippen molar-refractivity contribution in [2.24, 2.45) is 17.3 Å². The third kappa shape index (κ3) is 2.43. The van der Waals surface area contributed by atoms with Gasteiger partial charge in [0.1, 0.15) is 29.3 Å². The van der Waals surface area contributed by atoms with Crippen molar-refractivity contribution < 1.29 is 19.0 Å². The first-order valence-electron chi connectivity index (χ1n) is 12.7. The molecule has 182 valence electrons.